The normalized spacial score (nSPS) is 28.0. The van der Waals surface area contributed by atoms with Gasteiger partial charge in [-0.05, 0) is 18.9 Å². The van der Waals surface area contributed by atoms with Crippen LogP contribution < -0.4 is 5.32 Å². The molecule has 1 aliphatic rings. The van der Waals surface area contributed by atoms with Gasteiger partial charge in [0.05, 0.1) is 0 Å². The molecule has 1 N–H and O–H groups in total. The maximum atomic E-state index is 12.7. The van der Waals surface area contributed by atoms with Crippen molar-refractivity contribution >= 4 is 11.6 Å². The summed E-state index contributed by atoms with van der Waals surface area (Å²) in [5, 5.41) is 3.06. The van der Waals surface area contributed by atoms with Crippen molar-refractivity contribution in [3.8, 4) is 0 Å². The average Bonchev–Trinajstić information content (AvgIpc) is 2.41. The third-order valence-corrected chi connectivity index (χ3v) is 2.63. The van der Waals surface area contributed by atoms with Crippen molar-refractivity contribution in [3.63, 3.8) is 0 Å². The van der Waals surface area contributed by atoms with Gasteiger partial charge < -0.3 is 5.32 Å². The lowest BCUT2D eigenvalue weighted by atomic mass is 10.2. The van der Waals surface area contributed by atoms with Gasteiger partial charge in [-0.15, -0.1) is 0 Å². The summed E-state index contributed by atoms with van der Waals surface area (Å²) in [5.74, 6) is -2.46. The number of nitrogens with one attached hydrogen (secondary N) is 1. The largest absolute Gasteiger partial charge is 0.310 e. The summed E-state index contributed by atoms with van der Waals surface area (Å²) in [6.45, 7) is 2.47. The molecule has 0 bridgehead atoms. The fourth-order valence-electron chi connectivity index (χ4n) is 1.47. The molecule has 0 spiro atoms. The van der Waals surface area contributed by atoms with E-state index in [1.54, 1.807) is 0 Å². The highest BCUT2D eigenvalue weighted by Crippen LogP contribution is 2.34. The first kappa shape index (κ1) is 10.9. The molecule has 0 amide bonds. The third kappa shape index (κ3) is 3.61. The molecule has 0 aromatic heterocycles. The summed E-state index contributed by atoms with van der Waals surface area (Å²) in [4.78, 5) is 0. The lowest BCUT2D eigenvalue weighted by Crippen LogP contribution is -2.29. The van der Waals surface area contributed by atoms with Crippen molar-refractivity contribution in [2.24, 2.45) is 0 Å². The lowest BCUT2D eigenvalue weighted by molar-refractivity contribution is 0.00702. The van der Waals surface area contributed by atoms with Crippen LogP contribution in [0.15, 0.2) is 11.1 Å². The van der Waals surface area contributed by atoms with Crippen LogP contribution in [0.4, 0.5) is 8.78 Å². The first-order valence-corrected chi connectivity index (χ1v) is 4.84. The van der Waals surface area contributed by atoms with Crippen LogP contribution in [0.25, 0.3) is 0 Å². The zero-order chi connectivity index (χ0) is 9.90. The van der Waals surface area contributed by atoms with Crippen LogP contribution in [0, 0.1) is 0 Å². The minimum atomic E-state index is -2.46. The Morgan fingerprint density at radius 3 is 2.85 bits per heavy atom. The van der Waals surface area contributed by atoms with Gasteiger partial charge in [0.1, 0.15) is 0 Å². The molecule has 0 radical (unpaired) electrons. The SMILES string of the molecule is C/C(=C\Cl)CNC1CCC(F)(F)C1. The molecule has 0 aromatic carbocycles. The molecular weight excluding hydrogens is 196 g/mol. The third-order valence-electron chi connectivity index (χ3n) is 2.26. The van der Waals surface area contributed by atoms with Crippen LogP contribution in [0.1, 0.15) is 26.2 Å². The Kier molecular flexibility index (Phi) is 3.68. The van der Waals surface area contributed by atoms with E-state index in [2.05, 4.69) is 5.32 Å². The van der Waals surface area contributed by atoms with Crippen molar-refractivity contribution in [2.45, 2.75) is 38.2 Å². The monoisotopic (exact) mass is 209 g/mol. The fourth-order valence-corrected chi connectivity index (χ4v) is 1.55. The summed E-state index contributed by atoms with van der Waals surface area (Å²) in [6.07, 6.45) is 0.527. The fraction of sp³-hybridized carbons (Fsp3) is 0.778. The van der Waals surface area contributed by atoms with Crippen molar-refractivity contribution in [1.82, 2.24) is 5.32 Å². The van der Waals surface area contributed by atoms with Gasteiger partial charge in [0, 0.05) is 31.0 Å². The average molecular weight is 210 g/mol. The molecule has 4 heteroatoms. The van der Waals surface area contributed by atoms with Crippen molar-refractivity contribution in [3.05, 3.63) is 11.1 Å². The molecule has 1 atom stereocenters. The Labute approximate surface area is 82.1 Å². The second-order valence-corrected chi connectivity index (χ2v) is 3.85. The highest BCUT2D eigenvalue weighted by Gasteiger charge is 2.38. The topological polar surface area (TPSA) is 12.0 Å². The number of hydrogen-bond donors (Lipinski definition) is 1. The summed E-state index contributed by atoms with van der Waals surface area (Å²) in [5.41, 5.74) is 2.44. The summed E-state index contributed by atoms with van der Waals surface area (Å²) in [7, 11) is 0. The molecule has 0 heterocycles. The summed E-state index contributed by atoms with van der Waals surface area (Å²) >= 11 is 5.44. The molecule has 1 saturated carbocycles. The second-order valence-electron chi connectivity index (χ2n) is 3.63. The van der Waals surface area contributed by atoms with E-state index in [0.717, 1.165) is 5.57 Å². The van der Waals surface area contributed by atoms with E-state index in [4.69, 9.17) is 11.6 Å². The molecule has 1 rings (SSSR count). The van der Waals surface area contributed by atoms with E-state index in [-0.39, 0.29) is 18.9 Å². The predicted molar refractivity (Wildman–Crippen MR) is 50.2 cm³/mol. The Morgan fingerprint density at radius 2 is 2.38 bits per heavy atom. The minimum absolute atomic E-state index is 0.00824. The zero-order valence-electron chi connectivity index (χ0n) is 7.62. The van der Waals surface area contributed by atoms with Gasteiger partial charge in [0.25, 0.3) is 0 Å². The van der Waals surface area contributed by atoms with Crippen LogP contribution in [0.3, 0.4) is 0 Å². The summed E-state index contributed by atoms with van der Waals surface area (Å²) in [6, 6.07) is -0.0541. The molecule has 0 saturated heterocycles. The van der Waals surface area contributed by atoms with E-state index < -0.39 is 5.92 Å². The highest BCUT2D eigenvalue weighted by molar-refractivity contribution is 6.25. The van der Waals surface area contributed by atoms with Crippen LogP contribution >= 0.6 is 11.6 Å². The minimum Gasteiger partial charge on any atom is -0.310 e. The first-order chi connectivity index (χ1) is 6.03. The number of hydrogen-bond acceptors (Lipinski definition) is 1. The summed E-state index contributed by atoms with van der Waals surface area (Å²) < 4.78 is 25.4. The number of halogens is 3. The van der Waals surface area contributed by atoms with E-state index in [0.29, 0.717) is 13.0 Å². The molecule has 0 aromatic rings. The van der Waals surface area contributed by atoms with Crippen molar-refractivity contribution < 1.29 is 8.78 Å². The Hall–Kier alpha value is -0.150. The van der Waals surface area contributed by atoms with Gasteiger partial charge in [-0.2, -0.15) is 0 Å². The highest BCUT2D eigenvalue weighted by atomic mass is 35.5. The zero-order valence-corrected chi connectivity index (χ0v) is 8.37. The first-order valence-electron chi connectivity index (χ1n) is 4.40. The van der Waals surface area contributed by atoms with Crippen LogP contribution in [-0.4, -0.2) is 18.5 Å². The Balaban J connectivity index is 2.25. The van der Waals surface area contributed by atoms with Crippen molar-refractivity contribution in [1.29, 1.82) is 0 Å². The van der Waals surface area contributed by atoms with Gasteiger partial charge >= 0.3 is 0 Å². The van der Waals surface area contributed by atoms with Crippen LogP contribution in [0.5, 0.6) is 0 Å². The van der Waals surface area contributed by atoms with Crippen LogP contribution in [-0.2, 0) is 0 Å². The number of rotatable bonds is 3. The maximum Gasteiger partial charge on any atom is 0.249 e. The van der Waals surface area contributed by atoms with Gasteiger partial charge in [-0.1, -0.05) is 11.6 Å². The van der Waals surface area contributed by atoms with Gasteiger partial charge in [0.2, 0.25) is 5.92 Å². The molecule has 1 fully saturated rings. The van der Waals surface area contributed by atoms with E-state index in [9.17, 15) is 8.78 Å². The van der Waals surface area contributed by atoms with Gasteiger partial charge in [0.15, 0.2) is 0 Å². The van der Waals surface area contributed by atoms with E-state index in [1.807, 2.05) is 6.92 Å². The molecule has 0 aliphatic heterocycles. The van der Waals surface area contributed by atoms with Gasteiger partial charge in [-0.25, -0.2) is 8.78 Å². The molecular formula is C9H14ClF2N. The molecule has 1 nitrogen and oxygen atoms in total. The van der Waals surface area contributed by atoms with E-state index >= 15 is 0 Å². The van der Waals surface area contributed by atoms with Gasteiger partial charge in [-0.3, -0.25) is 0 Å². The predicted octanol–water partition coefficient (Wildman–Crippen LogP) is 2.91. The van der Waals surface area contributed by atoms with E-state index in [1.165, 1.54) is 5.54 Å². The Morgan fingerprint density at radius 1 is 1.69 bits per heavy atom. The molecule has 76 valence electrons. The standard InChI is InChI=1S/C9H14ClF2N/c1-7(5-10)6-13-8-2-3-9(11,12)4-8/h5,8,13H,2-4,6H2,1H3/b7-5+. The molecule has 13 heavy (non-hydrogen) atoms. The number of alkyl halides is 2. The maximum absolute atomic E-state index is 12.7. The quantitative estimate of drug-likeness (QED) is 0.754. The van der Waals surface area contributed by atoms with Crippen LogP contribution in [0.2, 0.25) is 0 Å². The second kappa shape index (κ2) is 4.38. The lowest BCUT2D eigenvalue weighted by Gasteiger charge is -2.12. The smallest absolute Gasteiger partial charge is 0.249 e. The Bertz CT molecular complexity index is 204. The molecule has 1 aliphatic carbocycles. The van der Waals surface area contributed by atoms with Crippen molar-refractivity contribution in [2.75, 3.05) is 6.54 Å². The molecule has 1 unspecified atom stereocenters.